The third-order valence-corrected chi connectivity index (χ3v) is 6.39. The van der Waals surface area contributed by atoms with E-state index < -0.39 is 24.5 Å². The van der Waals surface area contributed by atoms with Gasteiger partial charge >= 0.3 is 12.1 Å². The van der Waals surface area contributed by atoms with Gasteiger partial charge in [0.1, 0.15) is 18.9 Å². The average Bonchev–Trinajstić information content (AvgIpc) is 3.46. The third-order valence-electron chi connectivity index (χ3n) is 5.80. The number of hydrogen-bond acceptors (Lipinski definition) is 6. The summed E-state index contributed by atoms with van der Waals surface area (Å²) in [5.74, 6) is -0.645. The Morgan fingerprint density at radius 1 is 1.03 bits per heavy atom. The number of nitrogens with one attached hydrogen (secondary N) is 1. The molecular formula is C26H26N2O6S. The molecule has 1 aliphatic carbocycles. The van der Waals surface area contributed by atoms with Crippen molar-refractivity contribution in [2.24, 2.45) is 0 Å². The molecule has 9 heteroatoms. The van der Waals surface area contributed by atoms with Crippen molar-refractivity contribution >= 4 is 29.7 Å². The fourth-order valence-electron chi connectivity index (χ4n) is 4.17. The highest BCUT2D eigenvalue weighted by molar-refractivity contribution is 7.98. The first kappa shape index (κ1) is 24.4. The van der Waals surface area contributed by atoms with Gasteiger partial charge in [0.15, 0.2) is 5.76 Å². The van der Waals surface area contributed by atoms with E-state index in [1.54, 1.807) is 6.07 Å². The van der Waals surface area contributed by atoms with Crippen LogP contribution < -0.4 is 5.32 Å². The van der Waals surface area contributed by atoms with Gasteiger partial charge in [0.25, 0.3) is 5.91 Å². The lowest BCUT2D eigenvalue weighted by Crippen LogP contribution is -2.37. The fraction of sp³-hybridized carbons (Fsp3) is 0.269. The molecule has 35 heavy (non-hydrogen) atoms. The third kappa shape index (κ3) is 5.68. The molecule has 0 radical (unpaired) electrons. The first-order valence-corrected chi connectivity index (χ1v) is 12.5. The van der Waals surface area contributed by atoms with Crippen LogP contribution in [-0.2, 0) is 16.1 Å². The van der Waals surface area contributed by atoms with Crippen molar-refractivity contribution in [3.8, 4) is 11.1 Å². The van der Waals surface area contributed by atoms with Gasteiger partial charge in [-0.15, -0.1) is 0 Å². The summed E-state index contributed by atoms with van der Waals surface area (Å²) in [6.45, 7) is 0.114. The maximum absolute atomic E-state index is 12.6. The molecule has 182 valence electrons. The Morgan fingerprint density at radius 3 is 2.31 bits per heavy atom. The van der Waals surface area contributed by atoms with E-state index in [0.717, 1.165) is 22.3 Å². The highest BCUT2D eigenvalue weighted by Crippen LogP contribution is 2.44. The van der Waals surface area contributed by atoms with Gasteiger partial charge in [-0.3, -0.25) is 9.59 Å². The first-order chi connectivity index (χ1) is 17.0. The standard InChI is InChI=1S/C26H26N2O6S/c1-35-13-12-28(15-24(29)30)25(31)23-11-10-17(34-23)14-27-26(32)33-16-22-20-8-4-2-6-18(20)19-7-3-5-9-21(19)22/h2-11,22H,12-16H2,1H3,(H,27,32)(H,29,30). The Morgan fingerprint density at radius 2 is 1.69 bits per heavy atom. The summed E-state index contributed by atoms with van der Waals surface area (Å²) in [4.78, 5) is 37.3. The van der Waals surface area contributed by atoms with E-state index in [1.165, 1.54) is 22.7 Å². The molecule has 0 saturated heterocycles. The minimum absolute atomic E-state index is 0.0247. The van der Waals surface area contributed by atoms with Gasteiger partial charge in [0, 0.05) is 18.2 Å². The molecule has 1 aromatic heterocycles. The molecule has 0 spiro atoms. The van der Waals surface area contributed by atoms with Crippen molar-refractivity contribution in [1.29, 1.82) is 0 Å². The van der Waals surface area contributed by atoms with Crippen LogP contribution in [-0.4, -0.2) is 59.7 Å². The molecule has 1 aliphatic rings. The number of carboxylic acid groups (broad SMARTS) is 1. The quantitative estimate of drug-likeness (QED) is 0.435. The van der Waals surface area contributed by atoms with E-state index in [9.17, 15) is 14.4 Å². The van der Waals surface area contributed by atoms with Crippen LogP contribution in [0.25, 0.3) is 11.1 Å². The maximum Gasteiger partial charge on any atom is 0.407 e. The summed E-state index contributed by atoms with van der Waals surface area (Å²) in [7, 11) is 0. The molecule has 2 aromatic carbocycles. The number of fused-ring (bicyclic) bond motifs is 3. The molecule has 3 aromatic rings. The number of carboxylic acids is 1. The van der Waals surface area contributed by atoms with Crippen LogP contribution >= 0.6 is 11.8 Å². The number of thioether (sulfide) groups is 1. The van der Waals surface area contributed by atoms with E-state index >= 15 is 0 Å². The lowest BCUT2D eigenvalue weighted by molar-refractivity contribution is -0.137. The van der Waals surface area contributed by atoms with Gasteiger partial charge in [-0.05, 0) is 40.6 Å². The average molecular weight is 495 g/mol. The molecule has 0 saturated carbocycles. The van der Waals surface area contributed by atoms with Crippen LogP contribution in [0.5, 0.6) is 0 Å². The predicted octanol–water partition coefficient (Wildman–Crippen LogP) is 4.21. The molecule has 0 unspecified atom stereocenters. The predicted molar refractivity (Wildman–Crippen MR) is 133 cm³/mol. The number of alkyl carbamates (subject to hydrolysis) is 1. The summed E-state index contributed by atoms with van der Waals surface area (Å²) in [6, 6.07) is 19.2. The number of hydrogen-bond donors (Lipinski definition) is 2. The van der Waals surface area contributed by atoms with Gasteiger partial charge in [-0.25, -0.2) is 4.79 Å². The molecule has 8 nitrogen and oxygen atoms in total. The van der Waals surface area contributed by atoms with Crippen molar-refractivity contribution in [1.82, 2.24) is 10.2 Å². The van der Waals surface area contributed by atoms with Crippen LogP contribution in [0.4, 0.5) is 4.79 Å². The van der Waals surface area contributed by atoms with Gasteiger partial charge < -0.3 is 24.5 Å². The summed E-state index contributed by atoms with van der Waals surface area (Å²) in [6.07, 6.45) is 1.28. The zero-order valence-corrected chi connectivity index (χ0v) is 20.0. The van der Waals surface area contributed by atoms with Gasteiger partial charge in [0.2, 0.25) is 0 Å². The lowest BCUT2D eigenvalue weighted by atomic mass is 9.98. The summed E-state index contributed by atoms with van der Waals surface area (Å²) < 4.78 is 11.1. The molecule has 2 N–H and O–H groups in total. The molecule has 0 aliphatic heterocycles. The minimum atomic E-state index is -1.09. The molecule has 0 atom stereocenters. The van der Waals surface area contributed by atoms with E-state index in [4.69, 9.17) is 14.3 Å². The molecule has 1 heterocycles. The van der Waals surface area contributed by atoms with E-state index in [2.05, 4.69) is 29.6 Å². The highest BCUT2D eigenvalue weighted by Gasteiger charge is 2.29. The number of carbonyl (C=O) groups is 3. The Bertz CT molecular complexity index is 1180. The Labute approximate surface area is 207 Å². The number of amides is 2. The number of ether oxygens (including phenoxy) is 1. The second kappa shape index (κ2) is 11.1. The smallest absolute Gasteiger partial charge is 0.407 e. The zero-order chi connectivity index (χ0) is 24.8. The van der Waals surface area contributed by atoms with Crippen LogP contribution in [0.15, 0.2) is 65.1 Å². The number of rotatable bonds is 10. The second-order valence-corrected chi connectivity index (χ2v) is 9.04. The van der Waals surface area contributed by atoms with Crippen molar-refractivity contribution in [3.05, 3.63) is 83.3 Å². The van der Waals surface area contributed by atoms with E-state index in [-0.39, 0.29) is 24.8 Å². The summed E-state index contributed by atoms with van der Waals surface area (Å²) in [5, 5.41) is 11.7. The first-order valence-electron chi connectivity index (χ1n) is 11.2. The van der Waals surface area contributed by atoms with Crippen LogP contribution in [0, 0.1) is 0 Å². The van der Waals surface area contributed by atoms with Crippen molar-refractivity contribution in [3.63, 3.8) is 0 Å². The van der Waals surface area contributed by atoms with E-state index in [1.807, 2.05) is 30.5 Å². The van der Waals surface area contributed by atoms with Crippen molar-refractivity contribution in [2.75, 3.05) is 31.7 Å². The minimum Gasteiger partial charge on any atom is -0.480 e. The number of carbonyl (C=O) groups excluding carboxylic acids is 2. The molecule has 4 rings (SSSR count). The SMILES string of the molecule is CSCCN(CC(=O)O)C(=O)c1ccc(CNC(=O)OCC2c3ccccc3-c3ccccc32)o1. The number of furan rings is 1. The van der Waals surface area contributed by atoms with Crippen molar-refractivity contribution < 1.29 is 28.6 Å². The van der Waals surface area contributed by atoms with Crippen LogP contribution in [0.3, 0.4) is 0 Å². The van der Waals surface area contributed by atoms with Crippen molar-refractivity contribution in [2.45, 2.75) is 12.5 Å². The zero-order valence-electron chi connectivity index (χ0n) is 19.2. The Kier molecular flexibility index (Phi) is 7.77. The lowest BCUT2D eigenvalue weighted by Gasteiger charge is -2.18. The van der Waals surface area contributed by atoms with E-state index in [0.29, 0.717) is 18.1 Å². The molecule has 2 amide bonds. The summed E-state index contributed by atoms with van der Waals surface area (Å²) in [5.41, 5.74) is 4.56. The summed E-state index contributed by atoms with van der Waals surface area (Å²) >= 11 is 1.51. The normalized spacial score (nSPS) is 12.0. The van der Waals surface area contributed by atoms with Gasteiger partial charge in [-0.1, -0.05) is 48.5 Å². The number of nitrogens with zero attached hydrogens (tertiary/aromatic N) is 1. The topological polar surface area (TPSA) is 109 Å². The number of benzene rings is 2. The molecule has 0 fully saturated rings. The van der Waals surface area contributed by atoms with Gasteiger partial charge in [0.05, 0.1) is 6.54 Å². The van der Waals surface area contributed by atoms with Gasteiger partial charge in [-0.2, -0.15) is 11.8 Å². The second-order valence-electron chi connectivity index (χ2n) is 8.06. The van der Waals surface area contributed by atoms with Crippen LogP contribution in [0.1, 0.15) is 33.4 Å². The fourth-order valence-corrected chi connectivity index (χ4v) is 4.57. The largest absolute Gasteiger partial charge is 0.480 e. The number of aliphatic carboxylic acids is 1. The highest BCUT2D eigenvalue weighted by atomic mass is 32.2. The monoisotopic (exact) mass is 494 g/mol. The van der Waals surface area contributed by atoms with Crippen LogP contribution in [0.2, 0.25) is 0 Å². The maximum atomic E-state index is 12.6. The Balaban J connectivity index is 1.32. The Hall–Kier alpha value is -3.72. The molecular weight excluding hydrogens is 468 g/mol. The molecule has 0 bridgehead atoms.